The monoisotopic (exact) mass is 644 g/mol. The fraction of sp³-hybridized carbons (Fsp3) is 1.00. The van der Waals surface area contributed by atoms with Gasteiger partial charge in [-0.1, -0.05) is 25.7 Å². The number of rotatable bonds is 0. The Kier molecular flexibility index (Phi) is 256. The Morgan fingerprint density at radius 1 is 0.320 bits per heavy atom. The maximum Gasteiger partial charge on any atom is 1.00 e. The summed E-state index contributed by atoms with van der Waals surface area (Å²) in [4.78, 5) is 67.9. The van der Waals surface area contributed by atoms with Gasteiger partial charge in [-0.05, 0) is 0 Å². The van der Waals surface area contributed by atoms with Gasteiger partial charge in [0.15, 0.2) is 0 Å². The predicted octanol–water partition coefficient (Wildman–Crippen LogP) is -29.9. The third-order valence-corrected chi connectivity index (χ3v) is 0. The second-order valence-electron chi connectivity index (χ2n) is 0.894. The molecule has 0 amide bonds. The molecule has 0 rings (SSSR count). The molecule has 0 aromatic carbocycles. The normalized spacial score (nSPS) is 4.16. The van der Waals surface area contributed by atoms with Crippen LogP contribution in [0.15, 0.2) is 0 Å². The van der Waals surface area contributed by atoms with Gasteiger partial charge in [0.05, 0.1) is 0 Å². The van der Waals surface area contributed by atoms with Crippen LogP contribution in [-0.2, 0) is 18.3 Å². The van der Waals surface area contributed by atoms with Gasteiger partial charge in [-0.15, -0.1) is 0 Å². The maximum atomic E-state index is 8.48. The van der Waals surface area contributed by atoms with Gasteiger partial charge in [-0.2, -0.15) is 0 Å². The van der Waals surface area contributed by atoms with Crippen molar-refractivity contribution in [3.63, 3.8) is 0 Å². The van der Waals surface area contributed by atoms with Crippen LogP contribution in [0.25, 0.3) is 0 Å². The molecular formula is CH4K8O12P4+4. The zero-order valence-electron chi connectivity index (χ0n) is 14.7. The minimum absolute atomic E-state index is 0. The van der Waals surface area contributed by atoms with E-state index in [2.05, 4.69) is 0 Å². The summed E-state index contributed by atoms with van der Waals surface area (Å²) in [5.74, 6) is 0. The summed E-state index contributed by atoms with van der Waals surface area (Å²) in [6.45, 7) is 0. The van der Waals surface area contributed by atoms with Crippen molar-refractivity contribution in [2.45, 2.75) is 7.43 Å². The Labute approximate surface area is 490 Å². The first kappa shape index (κ1) is 83.2. The van der Waals surface area contributed by atoms with E-state index in [1.807, 2.05) is 0 Å². The molecule has 0 aliphatic heterocycles. The average molecular weight is 645 g/mol. The van der Waals surface area contributed by atoms with Gasteiger partial charge in [0, 0.05) is 0 Å². The molecule has 0 spiro atoms. The molecule has 0 heterocycles. The molecular weight excluding hydrogens is 641 g/mol. The summed E-state index contributed by atoms with van der Waals surface area (Å²) in [5, 5.41) is 0. The van der Waals surface area contributed by atoms with E-state index in [0.29, 0.717) is 0 Å². The van der Waals surface area contributed by atoms with Gasteiger partial charge in [0.2, 0.25) is 0 Å². The Hall–Kier alpha value is 13.2. The molecule has 0 fully saturated rings. The molecule has 0 aromatic rings. The average Bonchev–Trinajstić information content (AvgIpc) is 1.76. The third kappa shape index (κ3) is 265. The van der Waals surface area contributed by atoms with Gasteiger partial charge in [0.25, 0.3) is 33.0 Å². The van der Waals surface area contributed by atoms with Crippen molar-refractivity contribution < 1.29 is 468 Å². The van der Waals surface area contributed by atoms with E-state index in [1.165, 1.54) is 0 Å². The third-order valence-electron chi connectivity index (χ3n) is 0. The van der Waals surface area contributed by atoms with Gasteiger partial charge < -0.3 is 39.1 Å². The van der Waals surface area contributed by atoms with Crippen molar-refractivity contribution in [1.82, 2.24) is 0 Å². The Morgan fingerprint density at radius 3 is 0.320 bits per heavy atom. The van der Waals surface area contributed by atoms with Crippen LogP contribution in [0.4, 0.5) is 0 Å². The quantitative estimate of drug-likeness (QED) is 0.176. The Balaban J connectivity index is -0.00000000623. The zero-order valence-corrected chi connectivity index (χ0v) is 43.3. The van der Waals surface area contributed by atoms with Gasteiger partial charge in [-0.25, -0.2) is 0 Å². The first-order valence-corrected chi connectivity index (χ1v) is 6.57. The summed E-state index contributed by atoms with van der Waals surface area (Å²) < 4.78 is 33.9. The fourth-order valence-corrected chi connectivity index (χ4v) is 0. The summed E-state index contributed by atoms with van der Waals surface area (Å²) >= 11 is 0. The molecule has 104 valence electrons. The largest absolute Gasteiger partial charge is 1.00 e. The maximum absolute atomic E-state index is 8.48. The second-order valence-corrected chi connectivity index (χ2v) is 2.68. The van der Waals surface area contributed by atoms with Crippen molar-refractivity contribution in [3.05, 3.63) is 0 Å². The van der Waals surface area contributed by atoms with Crippen molar-refractivity contribution >= 4 is 33.0 Å². The van der Waals surface area contributed by atoms with Crippen LogP contribution in [0.2, 0.25) is 0 Å². The van der Waals surface area contributed by atoms with Crippen LogP contribution in [0.1, 0.15) is 7.43 Å². The van der Waals surface area contributed by atoms with Crippen LogP contribution in [-0.4, -0.2) is 0 Å². The minimum Gasteiger partial charge on any atom is -0.598 e. The van der Waals surface area contributed by atoms with Gasteiger partial charge in [0.1, 0.15) is 0 Å². The molecule has 0 saturated carbocycles. The van der Waals surface area contributed by atoms with Crippen LogP contribution in [0, 0.1) is 0 Å². The molecule has 0 aliphatic rings. The summed E-state index contributed by atoms with van der Waals surface area (Å²) in [7, 11) is -13.5. The van der Waals surface area contributed by atoms with E-state index in [0.717, 1.165) is 0 Å². The molecule has 0 radical (unpaired) electrons. The van der Waals surface area contributed by atoms with Gasteiger partial charge in [-0.3, -0.25) is 0 Å². The fourth-order valence-electron chi connectivity index (χ4n) is 0. The SMILES string of the molecule is C.O=[P+]([O-])[O-].O=[P+]([O-])[O-].O=[P+]([O-])[O-].O=[P+]([O-])[O-].[K+].[K+].[K+].[K+].[K+].[K+].[K+].[K+]. The molecule has 0 bridgehead atoms. The molecule has 0 unspecified atom stereocenters. The van der Waals surface area contributed by atoms with Gasteiger partial charge >= 0.3 is 411 Å². The molecule has 24 heteroatoms. The molecule has 0 atom stereocenters. The summed E-state index contributed by atoms with van der Waals surface area (Å²) in [6.07, 6.45) is 0. The van der Waals surface area contributed by atoms with E-state index < -0.39 is 33.0 Å². The summed E-state index contributed by atoms with van der Waals surface area (Å²) in [6, 6.07) is 0. The molecule has 12 nitrogen and oxygen atoms in total. The van der Waals surface area contributed by atoms with E-state index in [9.17, 15) is 0 Å². The van der Waals surface area contributed by atoms with E-state index >= 15 is 0 Å². The first-order valence-electron chi connectivity index (χ1n) is 2.19. The smallest absolute Gasteiger partial charge is 0.598 e. The predicted molar refractivity (Wildman–Crippen MR) is 37.2 cm³/mol. The molecule has 25 heavy (non-hydrogen) atoms. The topological polar surface area (TPSA) is 253 Å². The van der Waals surface area contributed by atoms with E-state index in [4.69, 9.17) is 57.4 Å². The van der Waals surface area contributed by atoms with E-state index in [1.54, 1.807) is 0 Å². The van der Waals surface area contributed by atoms with E-state index in [-0.39, 0.29) is 419 Å². The van der Waals surface area contributed by atoms with Crippen molar-refractivity contribution in [2.24, 2.45) is 0 Å². The van der Waals surface area contributed by atoms with Crippen LogP contribution in [0.3, 0.4) is 0 Å². The second kappa shape index (κ2) is 76.8. The zero-order chi connectivity index (χ0) is 14.3. The first-order chi connectivity index (χ1) is 6.93. The number of hydrogen-bond acceptors (Lipinski definition) is 12. The van der Waals surface area contributed by atoms with Crippen molar-refractivity contribution in [2.75, 3.05) is 0 Å². The van der Waals surface area contributed by atoms with Crippen molar-refractivity contribution in [1.29, 1.82) is 0 Å². The summed E-state index contributed by atoms with van der Waals surface area (Å²) in [5.41, 5.74) is 0. The molecule has 0 saturated heterocycles. The molecule has 0 N–H and O–H groups in total. The van der Waals surface area contributed by atoms with Crippen LogP contribution < -0.4 is 450 Å². The minimum atomic E-state index is -3.37. The van der Waals surface area contributed by atoms with Crippen LogP contribution >= 0.6 is 33.0 Å². The molecule has 0 aliphatic carbocycles. The number of hydrogen-bond donors (Lipinski definition) is 0. The molecule has 0 aromatic heterocycles. The Bertz CT molecular complexity index is 181. The Morgan fingerprint density at radius 2 is 0.320 bits per heavy atom. The van der Waals surface area contributed by atoms with Crippen LogP contribution in [0.5, 0.6) is 0 Å². The van der Waals surface area contributed by atoms with Crippen molar-refractivity contribution in [3.8, 4) is 0 Å². The standard InChI is InChI=1S/CH4.8K.4HO3P/c;;;;;;;;;4*1-4(2)3/h1H4;;;;;;;;;4*(H,1,2,3)/q;8*+1;;;;/p-4.